The van der Waals surface area contributed by atoms with Crippen LogP contribution in [0.4, 0.5) is 10.1 Å². The van der Waals surface area contributed by atoms with E-state index in [9.17, 15) is 4.39 Å². The minimum Gasteiger partial charge on any atom is -0.205 e. The molecule has 0 aliphatic carbocycles. The van der Waals surface area contributed by atoms with Gasteiger partial charge in [0.2, 0.25) is 0 Å². The van der Waals surface area contributed by atoms with Gasteiger partial charge in [-0.2, -0.15) is 4.99 Å². The molecule has 0 bridgehead atoms. The lowest BCUT2D eigenvalue weighted by Gasteiger charge is -2.07. The first kappa shape index (κ1) is 15.8. The maximum absolute atomic E-state index is 14.0. The number of thiocarbonyl (C=S) groups is 1. The summed E-state index contributed by atoms with van der Waals surface area (Å²) in [5.74, 6) is -0.495. The van der Waals surface area contributed by atoms with Gasteiger partial charge in [-0.05, 0) is 53.9 Å². The Morgan fingerprint density at radius 2 is 1.90 bits per heavy atom. The lowest BCUT2D eigenvalue weighted by atomic mass is 10.0. The first-order valence-corrected chi connectivity index (χ1v) is 7.60. The smallest absolute Gasteiger partial charge is 0.151 e. The molecule has 0 unspecified atom stereocenters. The fourth-order valence-electron chi connectivity index (χ4n) is 2.13. The van der Waals surface area contributed by atoms with Crippen LogP contribution in [-0.2, 0) is 6.42 Å². The third-order valence-corrected chi connectivity index (χ3v) is 3.66. The molecule has 4 heteroatoms. The Morgan fingerprint density at radius 1 is 1.19 bits per heavy atom. The summed E-state index contributed by atoms with van der Waals surface area (Å²) in [4.78, 5) is 3.65. The van der Waals surface area contributed by atoms with Gasteiger partial charge in [0, 0.05) is 0 Å². The molecule has 2 aromatic carbocycles. The van der Waals surface area contributed by atoms with Crippen LogP contribution in [0.5, 0.6) is 0 Å². The van der Waals surface area contributed by atoms with Crippen LogP contribution in [0.1, 0.15) is 25.3 Å². The molecule has 21 heavy (non-hydrogen) atoms. The third kappa shape index (κ3) is 3.98. The van der Waals surface area contributed by atoms with Crippen LogP contribution >= 0.6 is 23.8 Å². The minimum absolute atomic E-state index is 0.0370. The molecule has 1 nitrogen and oxygen atoms in total. The second-order valence-electron chi connectivity index (χ2n) is 4.79. The van der Waals surface area contributed by atoms with Gasteiger partial charge in [0.05, 0.1) is 10.2 Å². The number of aliphatic imine (C=N–C) groups is 1. The van der Waals surface area contributed by atoms with Gasteiger partial charge in [0.15, 0.2) is 5.82 Å². The average molecular weight is 320 g/mol. The van der Waals surface area contributed by atoms with Gasteiger partial charge in [-0.3, -0.25) is 0 Å². The molecule has 0 aromatic heterocycles. The highest BCUT2D eigenvalue weighted by Crippen LogP contribution is 2.33. The molecule has 0 atom stereocenters. The minimum atomic E-state index is -0.495. The molecular weight excluding hydrogens is 305 g/mol. The van der Waals surface area contributed by atoms with Crippen LogP contribution in [0.15, 0.2) is 41.4 Å². The van der Waals surface area contributed by atoms with Gasteiger partial charge in [0.25, 0.3) is 0 Å². The highest BCUT2D eigenvalue weighted by Gasteiger charge is 2.10. The van der Waals surface area contributed by atoms with E-state index in [1.807, 2.05) is 12.1 Å². The zero-order valence-electron chi connectivity index (χ0n) is 11.7. The first-order chi connectivity index (χ1) is 10.2. The van der Waals surface area contributed by atoms with Crippen molar-refractivity contribution in [2.24, 2.45) is 4.99 Å². The normalized spacial score (nSPS) is 10.2. The lowest BCUT2D eigenvalue weighted by molar-refractivity contribution is 0.630. The van der Waals surface area contributed by atoms with Crippen LogP contribution in [0.3, 0.4) is 0 Å². The van der Waals surface area contributed by atoms with Crippen LogP contribution in [0.25, 0.3) is 11.1 Å². The SMILES string of the molecule is CCCCc1ccc(-c2cc(F)c(N=C=S)c(Cl)c2)cc1. The van der Waals surface area contributed by atoms with E-state index in [1.165, 1.54) is 24.5 Å². The number of nitrogens with zero attached hydrogens (tertiary/aromatic N) is 1. The van der Waals surface area contributed by atoms with E-state index in [2.05, 4.69) is 41.4 Å². The van der Waals surface area contributed by atoms with Gasteiger partial charge < -0.3 is 0 Å². The number of hydrogen-bond donors (Lipinski definition) is 0. The number of rotatable bonds is 5. The van der Waals surface area contributed by atoms with Crippen LogP contribution in [0.2, 0.25) is 5.02 Å². The number of hydrogen-bond acceptors (Lipinski definition) is 2. The molecule has 0 aliphatic rings. The van der Waals surface area contributed by atoms with Crippen LogP contribution in [-0.4, -0.2) is 5.16 Å². The highest BCUT2D eigenvalue weighted by molar-refractivity contribution is 7.78. The summed E-state index contributed by atoms with van der Waals surface area (Å²) in [6.07, 6.45) is 3.41. The summed E-state index contributed by atoms with van der Waals surface area (Å²) in [5, 5.41) is 2.37. The van der Waals surface area contributed by atoms with E-state index < -0.39 is 5.82 Å². The van der Waals surface area contributed by atoms with Gasteiger partial charge in [-0.15, -0.1) is 0 Å². The molecule has 2 aromatic rings. The summed E-state index contributed by atoms with van der Waals surface area (Å²) in [6.45, 7) is 2.17. The predicted octanol–water partition coefficient (Wildman–Crippen LogP) is 6.22. The number of aryl methyl sites for hydroxylation is 1. The van der Waals surface area contributed by atoms with Gasteiger partial charge in [0.1, 0.15) is 5.69 Å². The fraction of sp³-hybridized carbons (Fsp3) is 0.235. The summed E-state index contributed by atoms with van der Waals surface area (Å²) in [7, 11) is 0. The van der Waals surface area contributed by atoms with Crippen molar-refractivity contribution in [3.63, 3.8) is 0 Å². The van der Waals surface area contributed by atoms with E-state index >= 15 is 0 Å². The summed E-state index contributed by atoms with van der Waals surface area (Å²) in [6, 6.07) is 11.2. The second-order valence-corrected chi connectivity index (χ2v) is 5.38. The number of benzene rings is 2. The van der Waals surface area contributed by atoms with Crippen molar-refractivity contribution in [3.8, 4) is 11.1 Å². The third-order valence-electron chi connectivity index (χ3n) is 3.28. The molecule has 0 heterocycles. The molecule has 0 aliphatic heterocycles. The molecule has 0 spiro atoms. The number of halogens is 2. The molecule has 108 valence electrons. The van der Waals surface area contributed by atoms with E-state index in [4.69, 9.17) is 11.6 Å². The van der Waals surface area contributed by atoms with Gasteiger partial charge in [-0.25, -0.2) is 4.39 Å². The van der Waals surface area contributed by atoms with Crippen molar-refractivity contribution < 1.29 is 4.39 Å². The first-order valence-electron chi connectivity index (χ1n) is 6.82. The Balaban J connectivity index is 2.32. The Kier molecular flexibility index (Phi) is 5.63. The zero-order valence-corrected chi connectivity index (χ0v) is 13.3. The molecule has 0 fully saturated rings. The monoisotopic (exact) mass is 319 g/mol. The Morgan fingerprint density at radius 3 is 2.48 bits per heavy atom. The van der Waals surface area contributed by atoms with Crippen molar-refractivity contribution >= 4 is 34.7 Å². The highest BCUT2D eigenvalue weighted by atomic mass is 35.5. The average Bonchev–Trinajstić information content (AvgIpc) is 2.49. The largest absolute Gasteiger partial charge is 0.205 e. The summed E-state index contributed by atoms with van der Waals surface area (Å²) < 4.78 is 14.0. The Hall–Kier alpha value is -1.54. The second kappa shape index (κ2) is 7.46. The quantitative estimate of drug-likeness (QED) is 0.470. The van der Waals surface area contributed by atoms with E-state index in [0.717, 1.165) is 17.5 Å². The maximum atomic E-state index is 14.0. The van der Waals surface area contributed by atoms with Gasteiger partial charge >= 0.3 is 0 Å². The molecule has 0 saturated heterocycles. The van der Waals surface area contributed by atoms with E-state index in [1.54, 1.807) is 6.07 Å². The van der Waals surface area contributed by atoms with Crippen molar-refractivity contribution in [3.05, 3.63) is 52.8 Å². The molecule has 0 amide bonds. The van der Waals surface area contributed by atoms with E-state index in [0.29, 0.717) is 0 Å². The van der Waals surface area contributed by atoms with Crippen molar-refractivity contribution in [2.75, 3.05) is 0 Å². The van der Waals surface area contributed by atoms with Crippen LogP contribution in [0, 0.1) is 5.82 Å². The van der Waals surface area contributed by atoms with Crippen molar-refractivity contribution in [1.82, 2.24) is 0 Å². The standard InChI is InChI=1S/C17H15ClFNS/c1-2-3-4-12-5-7-13(8-6-12)14-9-15(18)17(20-11-21)16(19)10-14/h5-10H,2-4H2,1H3. The number of unbranched alkanes of at least 4 members (excludes halogenated alkanes) is 1. The fourth-order valence-corrected chi connectivity index (χ4v) is 2.47. The maximum Gasteiger partial charge on any atom is 0.151 e. The number of isothiocyanates is 1. The molecule has 0 radical (unpaired) electrons. The van der Waals surface area contributed by atoms with Crippen LogP contribution < -0.4 is 0 Å². The lowest BCUT2D eigenvalue weighted by Crippen LogP contribution is -1.86. The Labute approximate surface area is 134 Å². The topological polar surface area (TPSA) is 12.4 Å². The summed E-state index contributed by atoms with van der Waals surface area (Å²) in [5.41, 5.74) is 2.97. The van der Waals surface area contributed by atoms with Crippen molar-refractivity contribution in [1.29, 1.82) is 0 Å². The van der Waals surface area contributed by atoms with Gasteiger partial charge in [-0.1, -0.05) is 49.2 Å². The summed E-state index contributed by atoms with van der Waals surface area (Å²) >= 11 is 10.5. The van der Waals surface area contributed by atoms with E-state index in [-0.39, 0.29) is 10.7 Å². The van der Waals surface area contributed by atoms with Crippen molar-refractivity contribution in [2.45, 2.75) is 26.2 Å². The molecule has 0 saturated carbocycles. The Bertz CT molecular complexity index is 653. The molecular formula is C17H15ClFNS. The zero-order chi connectivity index (χ0) is 15.2. The predicted molar refractivity (Wildman–Crippen MR) is 90.1 cm³/mol. The molecule has 2 rings (SSSR count). The molecule has 0 N–H and O–H groups in total.